The van der Waals surface area contributed by atoms with E-state index in [9.17, 15) is 4.39 Å². The summed E-state index contributed by atoms with van der Waals surface area (Å²) in [5.41, 5.74) is 2.17. The molecule has 1 heterocycles. The van der Waals surface area contributed by atoms with Gasteiger partial charge < -0.3 is 4.90 Å². The van der Waals surface area contributed by atoms with Crippen molar-refractivity contribution in [3.05, 3.63) is 41.7 Å². The molecule has 1 saturated heterocycles. The third-order valence-electron chi connectivity index (χ3n) is 4.72. The van der Waals surface area contributed by atoms with E-state index in [1.165, 1.54) is 31.4 Å². The van der Waals surface area contributed by atoms with Gasteiger partial charge in [-0.1, -0.05) is 30.7 Å². The summed E-state index contributed by atoms with van der Waals surface area (Å²) in [5.74, 6) is 0.670. The number of anilines is 1. The third-order valence-corrected chi connectivity index (χ3v) is 4.72. The van der Waals surface area contributed by atoms with Crippen LogP contribution in [0.3, 0.4) is 0 Å². The van der Waals surface area contributed by atoms with Crippen molar-refractivity contribution in [3.8, 4) is 0 Å². The second-order valence-corrected chi connectivity index (χ2v) is 7.03. The first-order valence-corrected chi connectivity index (χ1v) is 8.91. The molecule has 23 heavy (non-hydrogen) atoms. The first-order chi connectivity index (χ1) is 11.1. The maximum Gasteiger partial charge on any atom is 0.146 e. The molecule has 0 saturated carbocycles. The quantitative estimate of drug-likeness (QED) is 0.671. The summed E-state index contributed by atoms with van der Waals surface area (Å²) in [6.07, 6.45) is 6.07. The Hall–Kier alpha value is -1.35. The molecule has 0 bridgehead atoms. The van der Waals surface area contributed by atoms with Crippen molar-refractivity contribution in [1.82, 2.24) is 4.90 Å². The van der Waals surface area contributed by atoms with Crippen LogP contribution in [0.5, 0.6) is 0 Å². The molecule has 1 aliphatic heterocycles. The van der Waals surface area contributed by atoms with Crippen molar-refractivity contribution in [1.29, 1.82) is 0 Å². The van der Waals surface area contributed by atoms with E-state index in [1.807, 2.05) is 12.1 Å². The number of halogens is 1. The Morgan fingerprint density at radius 1 is 1.13 bits per heavy atom. The Bertz CT molecular complexity index is 500. The molecule has 2 nitrogen and oxygen atoms in total. The van der Waals surface area contributed by atoms with Gasteiger partial charge in [0, 0.05) is 26.2 Å². The third kappa shape index (κ3) is 5.98. The minimum absolute atomic E-state index is 0.103. The van der Waals surface area contributed by atoms with E-state index in [4.69, 9.17) is 0 Å². The lowest BCUT2D eigenvalue weighted by molar-refractivity contribution is 0.238. The van der Waals surface area contributed by atoms with Gasteiger partial charge in [-0.3, -0.25) is 4.90 Å². The molecule has 3 heteroatoms. The van der Waals surface area contributed by atoms with Gasteiger partial charge in [0.1, 0.15) is 5.82 Å². The van der Waals surface area contributed by atoms with Crippen LogP contribution in [0, 0.1) is 11.7 Å². The van der Waals surface area contributed by atoms with Gasteiger partial charge in [-0.25, -0.2) is 4.39 Å². The molecule has 0 radical (unpaired) electrons. The molecular formula is C20H31FN2. The minimum Gasteiger partial charge on any atom is -0.367 e. The molecule has 2 rings (SSSR count). The van der Waals surface area contributed by atoms with E-state index in [0.29, 0.717) is 0 Å². The average Bonchev–Trinajstić information content (AvgIpc) is 2.54. The van der Waals surface area contributed by atoms with E-state index in [2.05, 4.69) is 36.6 Å². The van der Waals surface area contributed by atoms with Crippen molar-refractivity contribution in [3.63, 3.8) is 0 Å². The molecule has 1 fully saturated rings. The highest BCUT2D eigenvalue weighted by Gasteiger charge is 2.19. The van der Waals surface area contributed by atoms with Gasteiger partial charge in [0.2, 0.25) is 0 Å². The monoisotopic (exact) mass is 318 g/mol. The Morgan fingerprint density at radius 2 is 1.83 bits per heavy atom. The van der Waals surface area contributed by atoms with E-state index in [1.54, 1.807) is 12.1 Å². The number of para-hydroxylation sites is 1. The summed E-state index contributed by atoms with van der Waals surface area (Å²) in [6.45, 7) is 11.8. The fraction of sp³-hybridized carbons (Fsp3) is 0.600. The second-order valence-electron chi connectivity index (χ2n) is 7.03. The Balaban J connectivity index is 1.69. The maximum absolute atomic E-state index is 13.8. The van der Waals surface area contributed by atoms with Crippen molar-refractivity contribution in [2.45, 2.75) is 40.0 Å². The number of rotatable bonds is 7. The number of hydrogen-bond acceptors (Lipinski definition) is 2. The van der Waals surface area contributed by atoms with Crippen LogP contribution >= 0.6 is 0 Å². The molecule has 0 spiro atoms. The van der Waals surface area contributed by atoms with E-state index >= 15 is 0 Å². The fourth-order valence-corrected chi connectivity index (χ4v) is 3.12. The zero-order valence-electron chi connectivity index (χ0n) is 14.9. The first kappa shape index (κ1) is 18.0. The topological polar surface area (TPSA) is 6.48 Å². The summed E-state index contributed by atoms with van der Waals surface area (Å²) >= 11 is 0. The number of nitrogens with zero attached hydrogens (tertiary/aromatic N) is 2. The molecule has 0 amide bonds. The van der Waals surface area contributed by atoms with Crippen molar-refractivity contribution >= 4 is 5.69 Å². The lowest BCUT2D eigenvalue weighted by atomic mass is 10.0. The zero-order chi connectivity index (χ0) is 16.7. The summed E-state index contributed by atoms with van der Waals surface area (Å²) in [7, 11) is 0. The molecule has 128 valence electrons. The van der Waals surface area contributed by atoms with Crippen LogP contribution in [0.4, 0.5) is 10.1 Å². The molecular weight excluding hydrogens is 287 g/mol. The smallest absolute Gasteiger partial charge is 0.146 e. The standard InChI is InChI=1S/C20H31FN2/c1-17(2)7-6-8-18(3)11-12-22-13-15-23(16-14-22)20-10-5-4-9-19(20)21/h4-5,7,9-10,18H,6,8,11-16H2,1-3H3. The average molecular weight is 318 g/mol. The van der Waals surface area contributed by atoms with Gasteiger partial charge in [0.15, 0.2) is 0 Å². The summed E-state index contributed by atoms with van der Waals surface area (Å²) in [4.78, 5) is 4.69. The molecule has 0 aliphatic carbocycles. The van der Waals surface area contributed by atoms with Crippen molar-refractivity contribution in [2.24, 2.45) is 5.92 Å². The SMILES string of the molecule is CC(C)=CCCC(C)CCN1CCN(c2ccccc2F)CC1. The van der Waals surface area contributed by atoms with Crippen LogP contribution in [-0.2, 0) is 0 Å². The van der Waals surface area contributed by atoms with Crippen molar-refractivity contribution in [2.75, 3.05) is 37.6 Å². The lowest BCUT2D eigenvalue weighted by Gasteiger charge is -2.36. The van der Waals surface area contributed by atoms with E-state index in [-0.39, 0.29) is 5.82 Å². The number of piperazine rings is 1. The summed E-state index contributed by atoms with van der Waals surface area (Å²) in [6, 6.07) is 7.11. The van der Waals surface area contributed by atoms with Gasteiger partial charge in [-0.2, -0.15) is 0 Å². The van der Waals surface area contributed by atoms with Gasteiger partial charge in [-0.05, 0) is 57.7 Å². The molecule has 0 aromatic heterocycles. The predicted molar refractivity (Wildman–Crippen MR) is 97.5 cm³/mol. The minimum atomic E-state index is -0.103. The fourth-order valence-electron chi connectivity index (χ4n) is 3.12. The lowest BCUT2D eigenvalue weighted by Crippen LogP contribution is -2.47. The predicted octanol–water partition coefficient (Wildman–Crippen LogP) is 4.72. The van der Waals surface area contributed by atoms with Gasteiger partial charge in [-0.15, -0.1) is 0 Å². The normalized spacial score (nSPS) is 17.1. The molecule has 1 atom stereocenters. The van der Waals surface area contributed by atoms with Crippen LogP contribution in [0.2, 0.25) is 0 Å². The van der Waals surface area contributed by atoms with Crippen LogP contribution in [0.15, 0.2) is 35.9 Å². The van der Waals surface area contributed by atoms with Crippen molar-refractivity contribution < 1.29 is 4.39 Å². The molecule has 1 aromatic rings. The zero-order valence-corrected chi connectivity index (χ0v) is 14.9. The highest BCUT2D eigenvalue weighted by Crippen LogP contribution is 2.20. The van der Waals surface area contributed by atoms with Gasteiger partial charge in [0.05, 0.1) is 5.69 Å². The highest BCUT2D eigenvalue weighted by atomic mass is 19.1. The molecule has 1 aliphatic rings. The molecule has 0 N–H and O–H groups in total. The molecule has 1 aromatic carbocycles. The van der Waals surface area contributed by atoms with Crippen LogP contribution in [-0.4, -0.2) is 37.6 Å². The van der Waals surface area contributed by atoms with E-state index < -0.39 is 0 Å². The van der Waals surface area contributed by atoms with E-state index in [0.717, 1.165) is 37.8 Å². The number of hydrogen-bond donors (Lipinski definition) is 0. The highest BCUT2D eigenvalue weighted by molar-refractivity contribution is 5.47. The Kier molecular flexibility index (Phi) is 7.10. The largest absolute Gasteiger partial charge is 0.367 e. The van der Waals surface area contributed by atoms with Gasteiger partial charge in [0.25, 0.3) is 0 Å². The maximum atomic E-state index is 13.8. The van der Waals surface area contributed by atoms with Crippen LogP contribution in [0.25, 0.3) is 0 Å². The van der Waals surface area contributed by atoms with Crippen LogP contribution < -0.4 is 4.90 Å². The summed E-state index contributed by atoms with van der Waals surface area (Å²) in [5, 5.41) is 0. The Labute approximate surface area is 141 Å². The number of allylic oxidation sites excluding steroid dienone is 2. The Morgan fingerprint density at radius 3 is 2.48 bits per heavy atom. The molecule has 1 unspecified atom stereocenters. The first-order valence-electron chi connectivity index (χ1n) is 8.91. The van der Waals surface area contributed by atoms with Gasteiger partial charge >= 0.3 is 0 Å². The second kappa shape index (κ2) is 9.07. The number of benzene rings is 1. The summed E-state index contributed by atoms with van der Waals surface area (Å²) < 4.78 is 13.8. The van der Waals surface area contributed by atoms with Crippen LogP contribution in [0.1, 0.15) is 40.0 Å².